The summed E-state index contributed by atoms with van der Waals surface area (Å²) in [5.41, 5.74) is 1.70. The minimum atomic E-state index is -0.0690. The standard InChI is InChI=1S/2C13H20O2.C5H4O.2ClH.Ti/c2*1-9(2)15-10-6-7-12(14)11(8-10)13(3,4)5;1-5-3-2-4-6-5;;;/h2*6-9,14H,1-5H3;1-4H;2*1H;/p-2. The van der Waals surface area contributed by atoms with Crippen molar-refractivity contribution >= 4 is 4.31 Å². The third-order valence-corrected chi connectivity index (χ3v) is 5.43. The molecule has 2 N–H and O–H groups in total. The molecule has 1 aromatic heterocycles. The van der Waals surface area contributed by atoms with E-state index >= 15 is 0 Å². The van der Waals surface area contributed by atoms with Gasteiger partial charge in [0.1, 0.15) is 23.0 Å². The molecule has 5 nitrogen and oxygen atoms in total. The van der Waals surface area contributed by atoms with Crippen LogP contribution in [0.5, 0.6) is 23.0 Å². The van der Waals surface area contributed by atoms with Crippen LogP contribution in [0, 0.1) is 0 Å². The molecule has 218 valence electrons. The Morgan fingerprint density at radius 2 is 1.10 bits per heavy atom. The van der Waals surface area contributed by atoms with Gasteiger partial charge in [-0.25, -0.2) is 0 Å². The Balaban J connectivity index is 0. The fraction of sp³-hybridized carbons (Fsp3) is 0.452. The molecule has 0 radical (unpaired) electrons. The fourth-order valence-corrected chi connectivity index (χ4v) is 3.55. The van der Waals surface area contributed by atoms with E-state index in [-0.39, 0.29) is 47.9 Å². The Morgan fingerprint density at radius 1 is 0.718 bits per heavy atom. The Morgan fingerprint density at radius 3 is 1.33 bits per heavy atom. The normalized spacial score (nSPS) is 10.6. The van der Waals surface area contributed by atoms with Gasteiger partial charge in [-0.1, -0.05) is 41.5 Å². The van der Waals surface area contributed by atoms with E-state index in [1.165, 1.54) is 0 Å². The zero-order chi connectivity index (χ0) is 28.4. The van der Waals surface area contributed by atoms with Gasteiger partial charge in [0.2, 0.25) is 0 Å². The first-order chi connectivity index (χ1) is 17.0. The number of ether oxygens (including phenoxy) is 2. The second-order valence-electron chi connectivity index (χ2n) is 11.4. The van der Waals surface area contributed by atoms with Crippen molar-refractivity contribution in [2.75, 3.05) is 0 Å². The molecule has 39 heavy (non-hydrogen) atoms. The third kappa shape index (κ3) is 14.9. The van der Waals surface area contributed by atoms with Gasteiger partial charge < -0.3 is 44.5 Å². The van der Waals surface area contributed by atoms with E-state index in [1.807, 2.05) is 76.2 Å². The van der Waals surface area contributed by atoms with Crippen LogP contribution in [-0.2, 0) is 30.8 Å². The van der Waals surface area contributed by atoms with Crippen LogP contribution in [0.3, 0.4) is 0 Å². The molecule has 1 heterocycles. The summed E-state index contributed by atoms with van der Waals surface area (Å²) in [6.07, 6.45) is 1.97. The van der Waals surface area contributed by atoms with Gasteiger partial charge in [0.05, 0.1) is 12.2 Å². The number of benzene rings is 2. The molecule has 0 saturated heterocycles. The van der Waals surface area contributed by atoms with Crippen molar-refractivity contribution in [1.29, 1.82) is 0 Å². The number of rotatable bonds is 5. The second-order valence-corrected chi connectivity index (χ2v) is 11.8. The molecule has 8 heteroatoms. The number of phenolic OH excluding ortho intramolecular Hbond substituents is 2. The average molecular weight is 615 g/mol. The summed E-state index contributed by atoms with van der Waals surface area (Å²) in [6.45, 7) is 20.4. The zero-order valence-corrected chi connectivity index (χ0v) is 27.9. The summed E-state index contributed by atoms with van der Waals surface area (Å²) in [7, 11) is 0. The van der Waals surface area contributed by atoms with Crippen LogP contribution < -0.4 is 34.3 Å². The van der Waals surface area contributed by atoms with Crippen LogP contribution in [0.15, 0.2) is 59.2 Å². The Kier molecular flexibility index (Phi) is 17.8. The summed E-state index contributed by atoms with van der Waals surface area (Å²) in [6, 6.07) is 14.6. The molecule has 2 aromatic carbocycles. The number of halogens is 2. The SMILES string of the molecule is CC(C)Oc1ccc(O)c(C(C)(C)C)c1.CC(C)Oc1ccc(O)c(C(C)(C)C)c1.[Cl-].[Cl-].[Ti]=[CH]c1ccco1. The molecular formula is C31H44Cl2O5Ti-2. The van der Waals surface area contributed by atoms with Gasteiger partial charge in [0.15, 0.2) is 0 Å². The first-order valence-electron chi connectivity index (χ1n) is 12.6. The quantitative estimate of drug-likeness (QED) is 0.430. The third-order valence-electron chi connectivity index (χ3n) is 4.98. The predicted octanol–water partition coefficient (Wildman–Crippen LogP) is 1.94. The van der Waals surface area contributed by atoms with Gasteiger partial charge in [0.25, 0.3) is 0 Å². The first-order valence-corrected chi connectivity index (χ1v) is 13.5. The van der Waals surface area contributed by atoms with E-state index in [9.17, 15) is 10.2 Å². The molecule has 0 aliphatic rings. The molecule has 0 saturated carbocycles. The van der Waals surface area contributed by atoms with Gasteiger partial charge in [0, 0.05) is 11.1 Å². The topological polar surface area (TPSA) is 72.1 Å². The summed E-state index contributed by atoms with van der Waals surface area (Å²) >= 11 is 1.94. The van der Waals surface area contributed by atoms with Gasteiger partial charge >= 0.3 is 52.9 Å². The number of hydrogen-bond donors (Lipinski definition) is 2. The molecule has 0 bridgehead atoms. The first kappa shape index (κ1) is 39.2. The molecule has 0 aliphatic heterocycles. The molecular weight excluding hydrogens is 571 g/mol. The van der Waals surface area contributed by atoms with Crippen molar-refractivity contribution in [1.82, 2.24) is 0 Å². The van der Waals surface area contributed by atoms with Crippen LogP contribution in [0.2, 0.25) is 0 Å². The predicted molar refractivity (Wildman–Crippen MR) is 149 cm³/mol. The van der Waals surface area contributed by atoms with Crippen LogP contribution in [0.25, 0.3) is 0 Å². The molecule has 3 rings (SSSR count). The van der Waals surface area contributed by atoms with E-state index in [0.717, 1.165) is 28.4 Å². The van der Waals surface area contributed by atoms with Crippen LogP contribution in [-0.4, -0.2) is 26.7 Å². The van der Waals surface area contributed by atoms with E-state index in [0.29, 0.717) is 11.5 Å². The van der Waals surface area contributed by atoms with Gasteiger partial charge in [-0.15, -0.1) is 0 Å². The molecule has 0 spiro atoms. The van der Waals surface area contributed by atoms with E-state index in [1.54, 1.807) is 30.5 Å². The molecule has 3 aromatic rings. The zero-order valence-electron chi connectivity index (χ0n) is 24.8. The molecule has 0 fully saturated rings. The maximum absolute atomic E-state index is 9.75. The van der Waals surface area contributed by atoms with Crippen molar-refractivity contribution < 1.29 is 68.9 Å². The number of phenols is 2. The van der Waals surface area contributed by atoms with Gasteiger partial charge in [-0.3, -0.25) is 0 Å². The average Bonchev–Trinajstić information content (AvgIpc) is 3.29. The van der Waals surface area contributed by atoms with E-state index in [4.69, 9.17) is 13.9 Å². The van der Waals surface area contributed by atoms with Crippen LogP contribution in [0.1, 0.15) is 86.1 Å². The van der Waals surface area contributed by atoms with Crippen molar-refractivity contribution in [3.05, 3.63) is 71.7 Å². The Hall–Kier alpha value is -1.92. The van der Waals surface area contributed by atoms with Gasteiger partial charge in [-0.05, 0) is 74.9 Å². The number of hydrogen-bond acceptors (Lipinski definition) is 5. The van der Waals surface area contributed by atoms with Gasteiger partial charge in [-0.2, -0.15) is 0 Å². The Bertz CT molecular complexity index is 1030. The number of aromatic hydroxyl groups is 2. The van der Waals surface area contributed by atoms with Crippen molar-refractivity contribution in [2.45, 2.75) is 92.3 Å². The minimum absolute atomic E-state index is 0. The molecule has 0 unspecified atom stereocenters. The van der Waals surface area contributed by atoms with Crippen molar-refractivity contribution in [3.63, 3.8) is 0 Å². The summed E-state index contributed by atoms with van der Waals surface area (Å²) in [4.78, 5) is 0. The second kappa shape index (κ2) is 17.7. The summed E-state index contributed by atoms with van der Waals surface area (Å²) in [5, 5.41) is 19.5. The number of furan rings is 1. The summed E-state index contributed by atoms with van der Waals surface area (Å²) < 4.78 is 18.0. The summed E-state index contributed by atoms with van der Waals surface area (Å²) in [5.74, 6) is 3.22. The van der Waals surface area contributed by atoms with Crippen molar-refractivity contribution in [2.24, 2.45) is 0 Å². The van der Waals surface area contributed by atoms with E-state index in [2.05, 4.69) is 41.5 Å². The maximum atomic E-state index is 9.75. The van der Waals surface area contributed by atoms with Crippen LogP contribution in [0.4, 0.5) is 0 Å². The Labute approximate surface area is 259 Å². The van der Waals surface area contributed by atoms with Crippen molar-refractivity contribution in [3.8, 4) is 23.0 Å². The molecule has 0 atom stereocenters. The van der Waals surface area contributed by atoms with Crippen LogP contribution >= 0.6 is 0 Å². The molecule has 0 aliphatic carbocycles. The van der Waals surface area contributed by atoms with E-state index < -0.39 is 0 Å². The fourth-order valence-electron chi connectivity index (χ4n) is 3.30. The monoisotopic (exact) mass is 614 g/mol. The molecule has 0 amide bonds.